The number of thiocarbonyl (C=S) groups is 1. The minimum absolute atomic E-state index is 0.362. The molecule has 6 nitrogen and oxygen atoms in total. The molecule has 0 amide bonds. The van der Waals surface area contributed by atoms with E-state index in [0.717, 1.165) is 17.7 Å². The van der Waals surface area contributed by atoms with Crippen LogP contribution in [0.25, 0.3) is 0 Å². The number of hydrogen-bond acceptors (Lipinski definition) is 5. The van der Waals surface area contributed by atoms with Crippen molar-refractivity contribution in [1.82, 2.24) is 5.43 Å². The lowest BCUT2D eigenvalue weighted by atomic mass is 10.2. The van der Waals surface area contributed by atoms with Crippen molar-refractivity contribution in [2.45, 2.75) is 13.3 Å². The number of hydrazone groups is 1. The van der Waals surface area contributed by atoms with E-state index in [9.17, 15) is 0 Å². The number of para-hydroxylation sites is 2. The van der Waals surface area contributed by atoms with Crippen LogP contribution in [0, 0.1) is 0 Å². The summed E-state index contributed by atoms with van der Waals surface area (Å²) in [6.07, 6.45) is 2.59. The molecule has 0 atom stereocenters. The molecule has 138 valence electrons. The lowest BCUT2D eigenvalue weighted by Gasteiger charge is -2.11. The van der Waals surface area contributed by atoms with Crippen molar-refractivity contribution in [3.8, 4) is 17.2 Å². The van der Waals surface area contributed by atoms with Gasteiger partial charge in [-0.25, -0.2) is 0 Å². The van der Waals surface area contributed by atoms with E-state index in [0.29, 0.717) is 29.0 Å². The molecular formula is C19H23N3O3S. The largest absolute Gasteiger partial charge is 0.495 e. The molecule has 2 aromatic carbocycles. The molecule has 0 aliphatic rings. The Morgan fingerprint density at radius 3 is 2.58 bits per heavy atom. The minimum Gasteiger partial charge on any atom is -0.495 e. The summed E-state index contributed by atoms with van der Waals surface area (Å²) in [7, 11) is 3.22. The maximum absolute atomic E-state index is 5.64. The van der Waals surface area contributed by atoms with Gasteiger partial charge in [-0.15, -0.1) is 0 Å². The second kappa shape index (κ2) is 10.2. The molecule has 0 spiro atoms. The van der Waals surface area contributed by atoms with Crippen LogP contribution in [0.2, 0.25) is 0 Å². The van der Waals surface area contributed by atoms with Crippen LogP contribution in [-0.4, -0.2) is 32.2 Å². The Labute approximate surface area is 159 Å². The van der Waals surface area contributed by atoms with Crippen LogP contribution in [-0.2, 0) is 0 Å². The average Bonchev–Trinajstić information content (AvgIpc) is 2.67. The first kappa shape index (κ1) is 19.5. The summed E-state index contributed by atoms with van der Waals surface area (Å²) >= 11 is 5.24. The third-order valence-electron chi connectivity index (χ3n) is 3.38. The third-order valence-corrected chi connectivity index (χ3v) is 3.58. The van der Waals surface area contributed by atoms with Crippen molar-refractivity contribution in [2.24, 2.45) is 5.10 Å². The standard InChI is InChI=1S/C19H23N3O3S/c1-4-11-25-17-10-9-14(12-18(17)24-3)13-20-22-19(26)21-15-7-5-6-8-16(15)23-2/h5-10,12-13H,4,11H2,1-3H3,(H2,21,22,26)/b20-13+. The van der Waals surface area contributed by atoms with E-state index < -0.39 is 0 Å². The third kappa shape index (κ3) is 5.63. The summed E-state index contributed by atoms with van der Waals surface area (Å²) in [5.74, 6) is 2.08. The summed E-state index contributed by atoms with van der Waals surface area (Å²) in [6, 6.07) is 13.1. The molecule has 2 rings (SSSR count). The van der Waals surface area contributed by atoms with E-state index >= 15 is 0 Å². The zero-order chi connectivity index (χ0) is 18.8. The number of rotatable bonds is 8. The first-order chi connectivity index (χ1) is 12.7. The molecule has 0 fully saturated rings. The van der Waals surface area contributed by atoms with E-state index in [1.54, 1.807) is 20.4 Å². The van der Waals surface area contributed by atoms with Gasteiger partial charge in [0.15, 0.2) is 16.6 Å². The highest BCUT2D eigenvalue weighted by Crippen LogP contribution is 2.27. The molecule has 7 heteroatoms. The van der Waals surface area contributed by atoms with Crippen molar-refractivity contribution in [2.75, 3.05) is 26.1 Å². The van der Waals surface area contributed by atoms with E-state index in [1.807, 2.05) is 42.5 Å². The predicted molar refractivity (Wildman–Crippen MR) is 109 cm³/mol. The van der Waals surface area contributed by atoms with Crippen molar-refractivity contribution >= 4 is 29.2 Å². The second-order valence-electron chi connectivity index (χ2n) is 5.28. The molecule has 0 heterocycles. The van der Waals surface area contributed by atoms with Crippen LogP contribution >= 0.6 is 12.2 Å². The molecule has 0 bridgehead atoms. The number of anilines is 1. The number of hydrogen-bond donors (Lipinski definition) is 2. The lowest BCUT2D eigenvalue weighted by Crippen LogP contribution is -2.24. The summed E-state index contributed by atoms with van der Waals surface area (Å²) in [5.41, 5.74) is 4.40. The van der Waals surface area contributed by atoms with Crippen molar-refractivity contribution in [1.29, 1.82) is 0 Å². The fourth-order valence-corrected chi connectivity index (χ4v) is 2.32. The van der Waals surface area contributed by atoms with Crippen molar-refractivity contribution < 1.29 is 14.2 Å². The normalized spacial score (nSPS) is 10.4. The van der Waals surface area contributed by atoms with Crippen LogP contribution in [0.4, 0.5) is 5.69 Å². The maximum Gasteiger partial charge on any atom is 0.191 e. The SMILES string of the molecule is CCCOc1ccc(/C=N/NC(=S)Nc2ccccc2OC)cc1OC. The van der Waals surface area contributed by atoms with Gasteiger partial charge in [-0.2, -0.15) is 5.10 Å². The quantitative estimate of drug-likeness (QED) is 0.417. The molecule has 0 radical (unpaired) electrons. The smallest absolute Gasteiger partial charge is 0.191 e. The highest BCUT2D eigenvalue weighted by Gasteiger charge is 2.05. The number of nitrogens with one attached hydrogen (secondary N) is 2. The fraction of sp³-hybridized carbons (Fsp3) is 0.263. The minimum atomic E-state index is 0.362. The molecule has 0 saturated carbocycles. The topological polar surface area (TPSA) is 64.1 Å². The first-order valence-corrected chi connectivity index (χ1v) is 8.62. The van der Waals surface area contributed by atoms with Gasteiger partial charge in [0.25, 0.3) is 0 Å². The van der Waals surface area contributed by atoms with Crippen LogP contribution in [0.15, 0.2) is 47.6 Å². The monoisotopic (exact) mass is 373 g/mol. The molecule has 2 N–H and O–H groups in total. The number of nitrogens with zero attached hydrogens (tertiary/aromatic N) is 1. The molecule has 0 aromatic heterocycles. The van der Waals surface area contributed by atoms with E-state index in [1.165, 1.54) is 0 Å². The predicted octanol–water partition coefficient (Wildman–Crippen LogP) is 3.81. The highest BCUT2D eigenvalue weighted by molar-refractivity contribution is 7.80. The lowest BCUT2D eigenvalue weighted by molar-refractivity contribution is 0.294. The Bertz CT molecular complexity index is 765. The van der Waals surface area contributed by atoms with Gasteiger partial charge < -0.3 is 19.5 Å². The second-order valence-corrected chi connectivity index (χ2v) is 5.69. The van der Waals surface area contributed by atoms with Crippen LogP contribution in [0.1, 0.15) is 18.9 Å². The molecule has 0 unspecified atom stereocenters. The molecule has 0 aliphatic carbocycles. The number of ether oxygens (including phenoxy) is 3. The van der Waals surface area contributed by atoms with Crippen molar-refractivity contribution in [3.05, 3.63) is 48.0 Å². The van der Waals surface area contributed by atoms with E-state index in [4.69, 9.17) is 26.4 Å². The molecule has 26 heavy (non-hydrogen) atoms. The van der Waals surface area contributed by atoms with E-state index in [2.05, 4.69) is 22.8 Å². The van der Waals surface area contributed by atoms with Gasteiger partial charge in [-0.3, -0.25) is 5.43 Å². The Kier molecular flexibility index (Phi) is 7.70. The van der Waals surface area contributed by atoms with E-state index in [-0.39, 0.29) is 0 Å². The average molecular weight is 373 g/mol. The van der Waals surface area contributed by atoms with Crippen LogP contribution in [0.5, 0.6) is 17.2 Å². The molecular weight excluding hydrogens is 350 g/mol. The first-order valence-electron chi connectivity index (χ1n) is 8.21. The summed E-state index contributed by atoms with van der Waals surface area (Å²) < 4.78 is 16.3. The Morgan fingerprint density at radius 1 is 1.08 bits per heavy atom. The van der Waals surface area contributed by atoms with Gasteiger partial charge in [-0.05, 0) is 54.5 Å². The fourth-order valence-electron chi connectivity index (χ4n) is 2.16. The van der Waals surface area contributed by atoms with Crippen molar-refractivity contribution in [3.63, 3.8) is 0 Å². The van der Waals surface area contributed by atoms with Gasteiger partial charge in [0.2, 0.25) is 0 Å². The number of benzene rings is 2. The summed E-state index contributed by atoms with van der Waals surface area (Å²) in [4.78, 5) is 0. The Balaban J connectivity index is 1.96. The number of methoxy groups -OCH3 is 2. The van der Waals surface area contributed by atoms with Crippen LogP contribution in [0.3, 0.4) is 0 Å². The van der Waals surface area contributed by atoms with Gasteiger partial charge in [-0.1, -0.05) is 19.1 Å². The van der Waals surface area contributed by atoms with Gasteiger partial charge in [0.05, 0.1) is 32.7 Å². The van der Waals surface area contributed by atoms with Gasteiger partial charge >= 0.3 is 0 Å². The van der Waals surface area contributed by atoms with Gasteiger partial charge in [0, 0.05) is 0 Å². The zero-order valence-corrected chi connectivity index (χ0v) is 15.9. The Hall–Kier alpha value is -2.80. The summed E-state index contributed by atoms with van der Waals surface area (Å²) in [6.45, 7) is 2.70. The summed E-state index contributed by atoms with van der Waals surface area (Å²) in [5, 5.41) is 7.55. The zero-order valence-electron chi connectivity index (χ0n) is 15.1. The maximum atomic E-state index is 5.64. The molecule has 0 saturated heterocycles. The highest BCUT2D eigenvalue weighted by atomic mass is 32.1. The molecule has 2 aromatic rings. The van der Waals surface area contributed by atoms with Crippen LogP contribution < -0.4 is 25.0 Å². The van der Waals surface area contributed by atoms with Gasteiger partial charge in [0.1, 0.15) is 5.75 Å². The molecule has 0 aliphatic heterocycles. The Morgan fingerprint density at radius 2 is 1.85 bits per heavy atom.